The summed E-state index contributed by atoms with van der Waals surface area (Å²) >= 11 is 0. The number of nitrogens with one attached hydrogen (secondary N) is 2. The Morgan fingerprint density at radius 1 is 1.00 bits per heavy atom. The fourth-order valence-electron chi connectivity index (χ4n) is 2.49. The number of methoxy groups -OCH3 is 1. The predicted molar refractivity (Wildman–Crippen MR) is 98.2 cm³/mol. The van der Waals surface area contributed by atoms with Crippen molar-refractivity contribution in [1.82, 2.24) is 5.32 Å². The normalized spacial score (nSPS) is 11.7. The van der Waals surface area contributed by atoms with Crippen molar-refractivity contribution < 1.29 is 14.3 Å². The first-order chi connectivity index (χ1) is 12.0. The summed E-state index contributed by atoms with van der Waals surface area (Å²) in [6.07, 6.45) is 0.331. The Hall–Kier alpha value is -2.82. The van der Waals surface area contributed by atoms with E-state index in [1.165, 1.54) is 7.11 Å². The quantitative estimate of drug-likeness (QED) is 0.760. The van der Waals surface area contributed by atoms with Gasteiger partial charge in [-0.05, 0) is 37.1 Å². The van der Waals surface area contributed by atoms with Crippen molar-refractivity contribution in [1.29, 1.82) is 0 Å². The van der Waals surface area contributed by atoms with Crippen molar-refractivity contribution in [3.05, 3.63) is 65.7 Å². The third kappa shape index (κ3) is 5.64. The fraction of sp³-hybridized carbons (Fsp3) is 0.300. The predicted octanol–water partition coefficient (Wildman–Crippen LogP) is 3.08. The molecule has 5 heteroatoms. The molecule has 2 aromatic carbocycles. The molecule has 0 saturated heterocycles. The van der Waals surface area contributed by atoms with E-state index in [1.54, 1.807) is 0 Å². The number of benzene rings is 2. The molecule has 132 valence electrons. The van der Waals surface area contributed by atoms with Crippen LogP contribution in [0.15, 0.2) is 54.6 Å². The van der Waals surface area contributed by atoms with E-state index in [0.29, 0.717) is 6.42 Å². The van der Waals surface area contributed by atoms with Crippen LogP contribution in [0.5, 0.6) is 0 Å². The first-order valence-corrected chi connectivity index (χ1v) is 8.27. The van der Waals surface area contributed by atoms with Crippen LogP contribution in [0.1, 0.15) is 31.0 Å². The topological polar surface area (TPSA) is 67.4 Å². The lowest BCUT2D eigenvalue weighted by Gasteiger charge is -2.18. The van der Waals surface area contributed by atoms with E-state index < -0.39 is 6.04 Å². The van der Waals surface area contributed by atoms with Crippen LogP contribution in [0.3, 0.4) is 0 Å². The van der Waals surface area contributed by atoms with Crippen molar-refractivity contribution >= 4 is 17.6 Å². The zero-order chi connectivity index (χ0) is 18.2. The van der Waals surface area contributed by atoms with Gasteiger partial charge in [0.05, 0.1) is 13.5 Å². The highest BCUT2D eigenvalue weighted by Crippen LogP contribution is 2.21. The second-order valence-corrected chi connectivity index (χ2v) is 6.11. The van der Waals surface area contributed by atoms with Crippen molar-refractivity contribution in [3.8, 4) is 0 Å². The molecular formula is C20H24N2O3. The third-order valence-electron chi connectivity index (χ3n) is 3.65. The van der Waals surface area contributed by atoms with E-state index in [9.17, 15) is 9.59 Å². The summed E-state index contributed by atoms with van der Waals surface area (Å²) in [5.74, 6) is -0.362. The second kappa shape index (κ2) is 8.87. The molecule has 0 bridgehead atoms. The minimum Gasteiger partial charge on any atom is -0.467 e. The molecule has 0 saturated carbocycles. The number of esters is 1. The van der Waals surface area contributed by atoms with Gasteiger partial charge in [-0.15, -0.1) is 0 Å². The molecule has 1 amide bonds. The third-order valence-corrected chi connectivity index (χ3v) is 3.65. The van der Waals surface area contributed by atoms with Gasteiger partial charge >= 0.3 is 5.97 Å². The monoisotopic (exact) mass is 340 g/mol. The van der Waals surface area contributed by atoms with E-state index in [1.807, 2.05) is 68.4 Å². The van der Waals surface area contributed by atoms with Gasteiger partial charge in [0.2, 0.25) is 5.91 Å². The van der Waals surface area contributed by atoms with Crippen molar-refractivity contribution in [3.63, 3.8) is 0 Å². The van der Waals surface area contributed by atoms with Gasteiger partial charge in [-0.25, -0.2) is 4.79 Å². The van der Waals surface area contributed by atoms with Crippen LogP contribution in [0.25, 0.3) is 0 Å². The fourth-order valence-corrected chi connectivity index (χ4v) is 2.49. The zero-order valence-electron chi connectivity index (χ0n) is 14.8. The molecule has 0 heterocycles. The number of carbonyl (C=O) groups excluding carboxylic acids is 2. The smallest absolute Gasteiger partial charge is 0.332 e. The molecule has 0 radical (unpaired) electrons. The molecule has 0 fully saturated rings. The van der Waals surface area contributed by atoms with Gasteiger partial charge in [0, 0.05) is 11.7 Å². The van der Waals surface area contributed by atoms with Crippen molar-refractivity contribution in [2.24, 2.45) is 0 Å². The number of rotatable bonds is 7. The van der Waals surface area contributed by atoms with E-state index in [4.69, 9.17) is 4.74 Å². The Bertz CT molecular complexity index is 697. The summed E-state index contributed by atoms with van der Waals surface area (Å²) in [7, 11) is 1.37. The zero-order valence-corrected chi connectivity index (χ0v) is 14.8. The number of hydrogen-bond acceptors (Lipinski definition) is 4. The van der Waals surface area contributed by atoms with Crippen LogP contribution in [0.4, 0.5) is 5.69 Å². The molecular weight excluding hydrogens is 316 g/mol. The molecule has 0 aliphatic heterocycles. The Morgan fingerprint density at radius 2 is 1.64 bits per heavy atom. The standard InChI is InChI=1S/C20H24N2O3/c1-14(2)21-18(23)13-15-9-11-17(12-10-15)22-19(20(24)25-3)16-7-5-4-6-8-16/h4-12,14,19,22H,13H2,1-3H3,(H,21,23)/t19-/m1/s1. The minimum atomic E-state index is -0.582. The molecule has 1 atom stereocenters. The second-order valence-electron chi connectivity index (χ2n) is 6.11. The minimum absolute atomic E-state index is 0.00701. The van der Waals surface area contributed by atoms with E-state index >= 15 is 0 Å². The average molecular weight is 340 g/mol. The maximum Gasteiger partial charge on any atom is 0.332 e. The highest BCUT2D eigenvalue weighted by atomic mass is 16.5. The van der Waals surface area contributed by atoms with E-state index in [-0.39, 0.29) is 17.9 Å². The van der Waals surface area contributed by atoms with E-state index in [2.05, 4.69) is 10.6 Å². The van der Waals surface area contributed by atoms with Gasteiger partial charge in [0.1, 0.15) is 0 Å². The number of anilines is 1. The van der Waals surface area contributed by atoms with Crippen molar-refractivity contribution in [2.75, 3.05) is 12.4 Å². The summed E-state index contributed by atoms with van der Waals surface area (Å²) in [4.78, 5) is 23.9. The molecule has 25 heavy (non-hydrogen) atoms. The average Bonchev–Trinajstić information content (AvgIpc) is 2.60. The molecule has 0 unspecified atom stereocenters. The molecule has 0 aliphatic carbocycles. The summed E-state index contributed by atoms with van der Waals surface area (Å²) in [5, 5.41) is 6.05. The van der Waals surface area contributed by atoms with Crippen LogP contribution in [0, 0.1) is 0 Å². The van der Waals surface area contributed by atoms with Gasteiger partial charge in [-0.3, -0.25) is 4.79 Å². The van der Waals surface area contributed by atoms with Crippen LogP contribution in [-0.2, 0) is 20.7 Å². The Morgan fingerprint density at radius 3 is 2.20 bits per heavy atom. The maximum absolute atomic E-state index is 12.1. The molecule has 0 spiro atoms. The Kier molecular flexibility index (Phi) is 6.57. The van der Waals surface area contributed by atoms with Crippen LogP contribution < -0.4 is 10.6 Å². The van der Waals surface area contributed by atoms with Crippen molar-refractivity contribution in [2.45, 2.75) is 32.4 Å². The summed E-state index contributed by atoms with van der Waals surface area (Å²) < 4.78 is 4.90. The SMILES string of the molecule is COC(=O)[C@H](Nc1ccc(CC(=O)NC(C)C)cc1)c1ccccc1. The number of amides is 1. The van der Waals surface area contributed by atoms with E-state index in [0.717, 1.165) is 16.8 Å². The van der Waals surface area contributed by atoms with Crippen LogP contribution in [-0.4, -0.2) is 25.0 Å². The summed E-state index contributed by atoms with van der Waals surface area (Å²) in [6, 6.07) is 16.4. The summed E-state index contributed by atoms with van der Waals surface area (Å²) in [5.41, 5.74) is 2.53. The number of hydrogen-bond donors (Lipinski definition) is 2. The number of ether oxygens (including phenoxy) is 1. The maximum atomic E-state index is 12.1. The highest BCUT2D eigenvalue weighted by Gasteiger charge is 2.20. The first kappa shape index (κ1) is 18.5. The molecule has 2 N–H and O–H groups in total. The van der Waals surface area contributed by atoms with Gasteiger partial charge in [0.15, 0.2) is 6.04 Å². The lowest BCUT2D eigenvalue weighted by atomic mass is 10.1. The molecule has 0 aliphatic rings. The lowest BCUT2D eigenvalue weighted by molar-refractivity contribution is -0.141. The van der Waals surface area contributed by atoms with Crippen LogP contribution in [0.2, 0.25) is 0 Å². The first-order valence-electron chi connectivity index (χ1n) is 8.27. The Labute approximate surface area is 148 Å². The van der Waals surface area contributed by atoms with Gasteiger partial charge < -0.3 is 15.4 Å². The lowest BCUT2D eigenvalue weighted by Crippen LogP contribution is -2.31. The molecule has 0 aromatic heterocycles. The van der Waals surface area contributed by atoms with Gasteiger partial charge in [-0.1, -0.05) is 42.5 Å². The highest BCUT2D eigenvalue weighted by molar-refractivity contribution is 5.81. The van der Waals surface area contributed by atoms with Gasteiger partial charge in [-0.2, -0.15) is 0 Å². The molecule has 5 nitrogen and oxygen atoms in total. The largest absolute Gasteiger partial charge is 0.467 e. The number of carbonyl (C=O) groups is 2. The molecule has 2 rings (SSSR count). The summed E-state index contributed by atoms with van der Waals surface area (Å²) in [6.45, 7) is 3.86. The van der Waals surface area contributed by atoms with Gasteiger partial charge in [0.25, 0.3) is 0 Å². The Balaban J connectivity index is 2.07. The van der Waals surface area contributed by atoms with Crippen LogP contribution >= 0.6 is 0 Å². The molecule has 2 aromatic rings.